The summed E-state index contributed by atoms with van der Waals surface area (Å²) in [7, 11) is 0. The molecule has 8 rings (SSSR count). The molecular weight excluding hydrogens is 494 g/mol. The van der Waals surface area contributed by atoms with Crippen LogP contribution in [0.5, 0.6) is 0 Å². The van der Waals surface area contributed by atoms with E-state index >= 15 is 0 Å². The number of nitrogens with zero attached hydrogens (tertiary/aromatic N) is 1. The van der Waals surface area contributed by atoms with Gasteiger partial charge in [-0.1, -0.05) is 110 Å². The molecule has 0 unspecified atom stereocenters. The van der Waals surface area contributed by atoms with E-state index in [9.17, 15) is 0 Å². The summed E-state index contributed by atoms with van der Waals surface area (Å²) in [6.45, 7) is 6.99. The maximum atomic E-state index is 2.42. The maximum Gasteiger partial charge on any atom is 0.0467 e. The Balaban J connectivity index is 1.37. The Morgan fingerprint density at radius 3 is 2.02 bits per heavy atom. The molecule has 0 aliphatic heterocycles. The molecule has 0 saturated heterocycles. The van der Waals surface area contributed by atoms with E-state index in [1.54, 1.807) is 0 Å². The van der Waals surface area contributed by atoms with Crippen molar-refractivity contribution in [2.45, 2.75) is 39.0 Å². The van der Waals surface area contributed by atoms with Gasteiger partial charge in [-0.2, -0.15) is 0 Å². The SMILES string of the molecule is Cc1ccc(N(C2=CCCC=C2)c2ccc3c4c(ccc3c2)-c2c(c3ccccc3c3ccccc23)C4(C)C)cc1. The van der Waals surface area contributed by atoms with E-state index in [0.717, 1.165) is 12.8 Å². The van der Waals surface area contributed by atoms with E-state index < -0.39 is 0 Å². The molecular formula is C40H33N. The van der Waals surface area contributed by atoms with Crippen molar-refractivity contribution in [1.29, 1.82) is 0 Å². The second-order valence-corrected chi connectivity index (χ2v) is 12.1. The van der Waals surface area contributed by atoms with Crippen LogP contribution in [0.2, 0.25) is 0 Å². The average molecular weight is 528 g/mol. The van der Waals surface area contributed by atoms with Crippen LogP contribution in [-0.4, -0.2) is 0 Å². The topological polar surface area (TPSA) is 3.24 Å². The second-order valence-electron chi connectivity index (χ2n) is 12.1. The molecule has 0 fully saturated rings. The summed E-state index contributed by atoms with van der Waals surface area (Å²) >= 11 is 0. The Morgan fingerprint density at radius 1 is 0.610 bits per heavy atom. The van der Waals surface area contributed by atoms with Crippen molar-refractivity contribution < 1.29 is 0 Å². The van der Waals surface area contributed by atoms with Crippen molar-refractivity contribution in [2.24, 2.45) is 0 Å². The van der Waals surface area contributed by atoms with Gasteiger partial charge >= 0.3 is 0 Å². The van der Waals surface area contributed by atoms with Crippen LogP contribution < -0.4 is 4.90 Å². The third kappa shape index (κ3) is 3.55. The molecule has 2 aliphatic rings. The molecule has 41 heavy (non-hydrogen) atoms. The van der Waals surface area contributed by atoms with Gasteiger partial charge in [0.05, 0.1) is 0 Å². The molecule has 0 aromatic heterocycles. The molecule has 1 heteroatoms. The molecule has 0 radical (unpaired) electrons. The molecule has 2 aliphatic carbocycles. The Morgan fingerprint density at radius 2 is 1.29 bits per heavy atom. The minimum Gasteiger partial charge on any atom is -0.311 e. The van der Waals surface area contributed by atoms with Crippen LogP contribution in [0.25, 0.3) is 43.4 Å². The Kier molecular flexibility index (Phi) is 5.28. The predicted octanol–water partition coefficient (Wildman–Crippen LogP) is 11.1. The van der Waals surface area contributed by atoms with Gasteiger partial charge < -0.3 is 4.90 Å². The number of anilines is 2. The lowest BCUT2D eigenvalue weighted by molar-refractivity contribution is 0.672. The highest BCUT2D eigenvalue weighted by Gasteiger charge is 2.39. The van der Waals surface area contributed by atoms with Gasteiger partial charge in [0.25, 0.3) is 0 Å². The molecule has 0 heterocycles. The minimum atomic E-state index is -0.124. The molecule has 0 atom stereocenters. The van der Waals surface area contributed by atoms with E-state index in [1.807, 2.05) is 0 Å². The maximum absolute atomic E-state index is 2.42. The van der Waals surface area contributed by atoms with E-state index in [-0.39, 0.29) is 5.41 Å². The lowest BCUT2D eigenvalue weighted by Crippen LogP contribution is -2.17. The zero-order chi connectivity index (χ0) is 27.7. The highest BCUT2D eigenvalue weighted by Crippen LogP contribution is 2.56. The normalized spacial score (nSPS) is 15.2. The molecule has 0 spiro atoms. The van der Waals surface area contributed by atoms with Gasteiger partial charge in [0.15, 0.2) is 0 Å². The van der Waals surface area contributed by atoms with E-state index in [4.69, 9.17) is 0 Å². The fourth-order valence-corrected chi connectivity index (χ4v) is 7.44. The Bertz CT molecular complexity index is 2070. The number of allylic oxidation sites excluding steroid dienone is 3. The van der Waals surface area contributed by atoms with E-state index in [0.29, 0.717) is 0 Å². The quantitative estimate of drug-likeness (QED) is 0.207. The van der Waals surface area contributed by atoms with Crippen molar-refractivity contribution >= 4 is 43.7 Å². The summed E-state index contributed by atoms with van der Waals surface area (Å²) in [5.74, 6) is 0. The first-order valence-electron chi connectivity index (χ1n) is 14.8. The molecule has 0 N–H and O–H groups in total. The smallest absolute Gasteiger partial charge is 0.0467 e. The average Bonchev–Trinajstić information content (AvgIpc) is 3.26. The molecule has 0 saturated carbocycles. The summed E-state index contributed by atoms with van der Waals surface area (Å²) in [4.78, 5) is 2.41. The zero-order valence-corrected chi connectivity index (χ0v) is 23.9. The first kappa shape index (κ1) is 24.2. The van der Waals surface area contributed by atoms with E-state index in [2.05, 4.69) is 147 Å². The van der Waals surface area contributed by atoms with E-state index in [1.165, 1.54) is 77.2 Å². The lowest BCUT2D eigenvalue weighted by atomic mass is 9.78. The number of fused-ring (bicyclic) bond motifs is 10. The number of hydrogen-bond donors (Lipinski definition) is 0. The molecule has 6 aromatic carbocycles. The highest BCUT2D eigenvalue weighted by molar-refractivity contribution is 6.19. The molecule has 1 nitrogen and oxygen atoms in total. The van der Waals surface area contributed by atoms with Crippen molar-refractivity contribution in [2.75, 3.05) is 4.90 Å². The largest absolute Gasteiger partial charge is 0.311 e. The van der Waals surface area contributed by atoms with Crippen LogP contribution >= 0.6 is 0 Å². The molecule has 198 valence electrons. The summed E-state index contributed by atoms with van der Waals surface area (Å²) in [6, 6.07) is 38.6. The summed E-state index contributed by atoms with van der Waals surface area (Å²) in [6.07, 6.45) is 9.10. The van der Waals surface area contributed by atoms with Gasteiger partial charge in [-0.25, -0.2) is 0 Å². The van der Waals surface area contributed by atoms with Crippen LogP contribution in [0.4, 0.5) is 11.4 Å². The zero-order valence-electron chi connectivity index (χ0n) is 23.9. The third-order valence-electron chi connectivity index (χ3n) is 9.24. The number of hydrogen-bond acceptors (Lipinski definition) is 1. The second kappa shape index (κ2) is 8.94. The first-order valence-corrected chi connectivity index (χ1v) is 14.8. The van der Waals surface area contributed by atoms with Crippen LogP contribution in [0, 0.1) is 6.92 Å². The van der Waals surface area contributed by atoms with Gasteiger partial charge in [-0.3, -0.25) is 0 Å². The summed E-state index contributed by atoms with van der Waals surface area (Å²) < 4.78 is 0. The Labute approximate surface area is 242 Å². The van der Waals surface area contributed by atoms with Gasteiger partial charge in [0, 0.05) is 22.5 Å². The van der Waals surface area contributed by atoms with Gasteiger partial charge in [0.2, 0.25) is 0 Å². The van der Waals surface area contributed by atoms with Gasteiger partial charge in [-0.15, -0.1) is 0 Å². The minimum absolute atomic E-state index is 0.124. The number of benzene rings is 6. The Hall–Kier alpha value is -4.62. The van der Waals surface area contributed by atoms with Crippen LogP contribution in [0.3, 0.4) is 0 Å². The van der Waals surface area contributed by atoms with Crippen molar-refractivity contribution in [3.8, 4) is 11.1 Å². The highest BCUT2D eigenvalue weighted by atomic mass is 15.1. The van der Waals surface area contributed by atoms with Crippen LogP contribution in [0.15, 0.2) is 127 Å². The number of rotatable bonds is 3. The standard InChI is InChI=1S/C40H33N/c1-26-17-20-29(21-18-26)41(28-11-5-4-6-12-28)30-22-24-31-27(25-30)19-23-36-37-34-15-9-7-13-32(34)33-14-8-10-16-35(33)39(37)40(2,3)38(31)36/h5,7-25H,4,6H2,1-3H3. The first-order chi connectivity index (χ1) is 20.0. The van der Waals surface area contributed by atoms with Gasteiger partial charge in [-0.05, 0) is 105 Å². The summed E-state index contributed by atoms with van der Waals surface area (Å²) in [5, 5.41) is 8.03. The fraction of sp³-hybridized carbons (Fsp3) is 0.150. The third-order valence-corrected chi connectivity index (χ3v) is 9.24. The summed E-state index contributed by atoms with van der Waals surface area (Å²) in [5.41, 5.74) is 10.5. The number of aryl methyl sites for hydroxylation is 1. The van der Waals surface area contributed by atoms with Crippen molar-refractivity contribution in [1.82, 2.24) is 0 Å². The van der Waals surface area contributed by atoms with Crippen LogP contribution in [0.1, 0.15) is 43.4 Å². The molecule has 6 aromatic rings. The van der Waals surface area contributed by atoms with Crippen LogP contribution in [-0.2, 0) is 5.41 Å². The van der Waals surface area contributed by atoms with Crippen molar-refractivity contribution in [3.05, 3.63) is 144 Å². The molecule has 0 bridgehead atoms. The fourth-order valence-electron chi connectivity index (χ4n) is 7.44. The predicted molar refractivity (Wildman–Crippen MR) is 176 cm³/mol. The lowest BCUT2D eigenvalue weighted by Gasteiger charge is -2.29. The van der Waals surface area contributed by atoms with Crippen molar-refractivity contribution in [3.63, 3.8) is 0 Å². The van der Waals surface area contributed by atoms with Gasteiger partial charge in [0.1, 0.15) is 0 Å². The monoisotopic (exact) mass is 527 g/mol. The molecule has 0 amide bonds.